The first-order valence-corrected chi connectivity index (χ1v) is 9.37. The smallest absolute Gasteiger partial charge is 0.173 e. The molecular formula is C22H32N+. The topological polar surface area (TPSA) is 3.88 Å². The maximum atomic E-state index is 2.44. The highest BCUT2D eigenvalue weighted by atomic mass is 14.9. The highest BCUT2D eigenvalue weighted by molar-refractivity contribution is 5.17. The van der Waals surface area contributed by atoms with Gasteiger partial charge in [-0.05, 0) is 31.7 Å². The van der Waals surface area contributed by atoms with Crippen molar-refractivity contribution in [1.82, 2.24) is 0 Å². The lowest BCUT2D eigenvalue weighted by molar-refractivity contribution is -0.689. The molecule has 23 heavy (non-hydrogen) atoms. The summed E-state index contributed by atoms with van der Waals surface area (Å²) in [7, 11) is 0. The summed E-state index contributed by atoms with van der Waals surface area (Å²) in [5.74, 6) is 0. The number of rotatable bonds is 10. The Balaban J connectivity index is 2.10. The second-order valence-electron chi connectivity index (χ2n) is 6.62. The van der Waals surface area contributed by atoms with Crippen LogP contribution in [0, 0.1) is 0 Å². The highest BCUT2D eigenvalue weighted by Gasteiger charge is 2.09. The quantitative estimate of drug-likeness (QED) is 0.404. The molecule has 0 amide bonds. The molecule has 0 atom stereocenters. The average Bonchev–Trinajstić information content (AvgIpc) is 2.56. The van der Waals surface area contributed by atoms with E-state index >= 15 is 0 Å². The third-order valence-electron chi connectivity index (χ3n) is 4.38. The van der Waals surface area contributed by atoms with Crippen molar-refractivity contribution >= 4 is 0 Å². The van der Waals surface area contributed by atoms with Gasteiger partial charge in [-0.15, -0.1) is 0 Å². The molecule has 0 saturated heterocycles. The number of unbranched alkanes of at least 4 members (excludes halogenated alkanes) is 4. The van der Waals surface area contributed by atoms with E-state index in [1.165, 1.54) is 68.1 Å². The summed E-state index contributed by atoms with van der Waals surface area (Å²) in [5.41, 5.74) is 4.38. The first-order chi connectivity index (χ1) is 11.3. The van der Waals surface area contributed by atoms with E-state index in [0.717, 1.165) is 6.54 Å². The van der Waals surface area contributed by atoms with Crippen LogP contribution in [0.2, 0.25) is 0 Å². The minimum Gasteiger partial charge on any atom is -0.200 e. The number of benzene rings is 1. The van der Waals surface area contributed by atoms with E-state index < -0.39 is 0 Å². The Labute approximate surface area is 142 Å². The van der Waals surface area contributed by atoms with Crippen LogP contribution < -0.4 is 4.57 Å². The van der Waals surface area contributed by atoms with Gasteiger partial charge in [0.05, 0.1) is 0 Å². The van der Waals surface area contributed by atoms with Crippen molar-refractivity contribution in [2.75, 3.05) is 0 Å². The predicted octanol–water partition coefficient (Wildman–Crippen LogP) is 5.49. The van der Waals surface area contributed by atoms with Crippen molar-refractivity contribution in [1.29, 1.82) is 0 Å². The van der Waals surface area contributed by atoms with E-state index in [1.54, 1.807) is 0 Å². The van der Waals surface area contributed by atoms with Crippen molar-refractivity contribution < 1.29 is 4.57 Å². The SMILES string of the molecule is CCCCCc1cc(CCCCC)c[n+](Cc2ccccc2)c1. The molecule has 0 aliphatic heterocycles. The maximum Gasteiger partial charge on any atom is 0.173 e. The van der Waals surface area contributed by atoms with Crippen LogP contribution in [0.1, 0.15) is 69.1 Å². The summed E-state index contributed by atoms with van der Waals surface area (Å²) in [6.45, 7) is 5.52. The number of hydrogen-bond acceptors (Lipinski definition) is 0. The standard InChI is InChI=1S/C22H32N/c1-3-5-8-14-21-16-22(15-9-6-4-2)19-23(18-21)17-20-12-10-7-11-13-20/h7,10-13,16,18-19H,3-6,8-9,14-15,17H2,1-2H3/q+1. The number of pyridine rings is 1. The summed E-state index contributed by atoms with van der Waals surface area (Å²) in [6, 6.07) is 13.2. The molecule has 1 heterocycles. The van der Waals surface area contributed by atoms with Gasteiger partial charge in [0.2, 0.25) is 0 Å². The minimum atomic E-state index is 0.975. The average molecular weight is 311 g/mol. The fourth-order valence-corrected chi connectivity index (χ4v) is 3.09. The van der Waals surface area contributed by atoms with E-state index in [0.29, 0.717) is 0 Å². The molecule has 124 valence electrons. The number of hydrogen-bond donors (Lipinski definition) is 0. The van der Waals surface area contributed by atoms with Gasteiger partial charge in [-0.1, -0.05) is 69.9 Å². The van der Waals surface area contributed by atoms with E-state index in [-0.39, 0.29) is 0 Å². The lowest BCUT2D eigenvalue weighted by atomic mass is 10.0. The number of aromatic nitrogens is 1. The van der Waals surface area contributed by atoms with Gasteiger partial charge in [-0.2, -0.15) is 0 Å². The molecule has 0 aliphatic carbocycles. The van der Waals surface area contributed by atoms with Gasteiger partial charge < -0.3 is 0 Å². The van der Waals surface area contributed by atoms with Crippen molar-refractivity contribution in [3.8, 4) is 0 Å². The third kappa shape index (κ3) is 6.56. The van der Waals surface area contributed by atoms with Crippen molar-refractivity contribution in [3.63, 3.8) is 0 Å². The van der Waals surface area contributed by atoms with E-state index in [4.69, 9.17) is 0 Å². The maximum absolute atomic E-state index is 2.44. The van der Waals surface area contributed by atoms with Gasteiger partial charge in [-0.3, -0.25) is 0 Å². The summed E-state index contributed by atoms with van der Waals surface area (Å²) >= 11 is 0. The van der Waals surface area contributed by atoms with Crippen LogP contribution in [0.15, 0.2) is 48.8 Å². The Kier molecular flexibility index (Phi) is 7.86. The zero-order valence-electron chi connectivity index (χ0n) is 14.9. The van der Waals surface area contributed by atoms with Crippen LogP contribution in [0.5, 0.6) is 0 Å². The fourth-order valence-electron chi connectivity index (χ4n) is 3.09. The van der Waals surface area contributed by atoms with Gasteiger partial charge in [0.25, 0.3) is 0 Å². The largest absolute Gasteiger partial charge is 0.200 e. The number of aryl methyl sites for hydroxylation is 2. The summed E-state index contributed by atoms with van der Waals surface area (Å²) in [6.07, 6.45) is 15.0. The normalized spacial score (nSPS) is 10.9. The zero-order valence-corrected chi connectivity index (χ0v) is 14.9. The highest BCUT2D eigenvalue weighted by Crippen LogP contribution is 2.11. The molecule has 1 aromatic carbocycles. The Morgan fingerprint density at radius 3 is 1.78 bits per heavy atom. The fraction of sp³-hybridized carbons (Fsp3) is 0.500. The van der Waals surface area contributed by atoms with Gasteiger partial charge in [-0.25, -0.2) is 4.57 Å². The molecule has 0 bridgehead atoms. The molecule has 0 unspecified atom stereocenters. The van der Waals surface area contributed by atoms with Crippen LogP contribution in [0.25, 0.3) is 0 Å². The predicted molar refractivity (Wildman–Crippen MR) is 98.6 cm³/mol. The minimum absolute atomic E-state index is 0.975. The Hall–Kier alpha value is -1.63. The van der Waals surface area contributed by atoms with E-state index in [1.807, 2.05) is 0 Å². The molecule has 0 fully saturated rings. The molecule has 1 aromatic heterocycles. The van der Waals surface area contributed by atoms with Crippen LogP contribution >= 0.6 is 0 Å². The second kappa shape index (κ2) is 10.2. The Bertz CT molecular complexity index is 531. The Morgan fingerprint density at radius 2 is 1.26 bits per heavy atom. The molecule has 0 radical (unpaired) electrons. The summed E-state index contributed by atoms with van der Waals surface area (Å²) in [4.78, 5) is 0. The molecule has 2 aromatic rings. The molecule has 0 saturated carbocycles. The Morgan fingerprint density at radius 1 is 0.696 bits per heavy atom. The van der Waals surface area contributed by atoms with E-state index in [9.17, 15) is 0 Å². The van der Waals surface area contributed by atoms with Gasteiger partial charge >= 0.3 is 0 Å². The van der Waals surface area contributed by atoms with E-state index in [2.05, 4.69) is 67.2 Å². The first-order valence-electron chi connectivity index (χ1n) is 9.37. The van der Waals surface area contributed by atoms with Crippen LogP contribution in [0.3, 0.4) is 0 Å². The lowest BCUT2D eigenvalue weighted by Crippen LogP contribution is -2.34. The van der Waals surface area contributed by atoms with Crippen LogP contribution in [-0.4, -0.2) is 0 Å². The molecule has 0 aliphatic rings. The number of nitrogens with zero attached hydrogens (tertiary/aromatic N) is 1. The van der Waals surface area contributed by atoms with Crippen molar-refractivity contribution in [2.24, 2.45) is 0 Å². The van der Waals surface area contributed by atoms with Gasteiger partial charge in [0.15, 0.2) is 18.9 Å². The first kappa shape index (κ1) is 17.7. The van der Waals surface area contributed by atoms with Gasteiger partial charge in [0.1, 0.15) is 0 Å². The molecule has 1 nitrogen and oxygen atoms in total. The van der Waals surface area contributed by atoms with Crippen LogP contribution in [-0.2, 0) is 19.4 Å². The summed E-state index contributed by atoms with van der Waals surface area (Å²) in [5, 5.41) is 0. The molecule has 0 spiro atoms. The second-order valence-corrected chi connectivity index (χ2v) is 6.62. The van der Waals surface area contributed by atoms with Crippen LogP contribution in [0.4, 0.5) is 0 Å². The van der Waals surface area contributed by atoms with Gasteiger partial charge in [0, 0.05) is 16.7 Å². The zero-order chi connectivity index (χ0) is 16.3. The van der Waals surface area contributed by atoms with Crippen molar-refractivity contribution in [3.05, 3.63) is 65.5 Å². The molecule has 1 heteroatoms. The third-order valence-corrected chi connectivity index (χ3v) is 4.38. The summed E-state index contributed by atoms with van der Waals surface area (Å²) < 4.78 is 2.39. The lowest BCUT2D eigenvalue weighted by Gasteiger charge is -2.06. The molecular weight excluding hydrogens is 278 g/mol. The molecule has 0 N–H and O–H groups in total. The molecule has 2 rings (SSSR count). The van der Waals surface area contributed by atoms with Crippen molar-refractivity contribution in [2.45, 2.75) is 71.8 Å². The monoisotopic (exact) mass is 310 g/mol.